The van der Waals surface area contributed by atoms with Crippen molar-refractivity contribution in [2.24, 2.45) is 0 Å². The Balaban J connectivity index is 1.78. The van der Waals surface area contributed by atoms with Gasteiger partial charge in [-0.3, -0.25) is 4.90 Å². The lowest BCUT2D eigenvalue weighted by Gasteiger charge is -2.27. The van der Waals surface area contributed by atoms with Gasteiger partial charge in [0.15, 0.2) is 0 Å². The predicted octanol–water partition coefficient (Wildman–Crippen LogP) is 3.64. The predicted molar refractivity (Wildman–Crippen MR) is 87.2 cm³/mol. The summed E-state index contributed by atoms with van der Waals surface area (Å²) in [5.41, 5.74) is 1.74. The van der Waals surface area contributed by atoms with E-state index in [-0.39, 0.29) is 5.54 Å². The molecule has 1 saturated heterocycles. The standard InChI is InChI=1S/C18H30N2/c1-15(10-12-19-18(2,3)4)20-13-11-17(14-20)16-8-6-5-7-9-16/h5-9,15,17,19H,10-14H2,1-4H3. The van der Waals surface area contributed by atoms with Crippen LogP contribution >= 0.6 is 0 Å². The molecule has 1 aliphatic heterocycles. The van der Waals surface area contributed by atoms with E-state index in [9.17, 15) is 0 Å². The minimum absolute atomic E-state index is 0.233. The topological polar surface area (TPSA) is 15.3 Å². The van der Waals surface area contributed by atoms with Gasteiger partial charge in [0.2, 0.25) is 0 Å². The summed E-state index contributed by atoms with van der Waals surface area (Å²) in [5, 5.41) is 3.59. The van der Waals surface area contributed by atoms with Crippen molar-refractivity contribution in [1.82, 2.24) is 10.2 Å². The van der Waals surface area contributed by atoms with Crippen molar-refractivity contribution in [3.63, 3.8) is 0 Å². The maximum absolute atomic E-state index is 3.59. The SMILES string of the molecule is CC(CCNC(C)(C)C)N1CCC(c2ccccc2)C1. The molecule has 1 aromatic carbocycles. The molecule has 2 heteroatoms. The minimum atomic E-state index is 0.233. The van der Waals surface area contributed by atoms with Gasteiger partial charge in [-0.15, -0.1) is 0 Å². The van der Waals surface area contributed by atoms with Crippen LogP contribution in [-0.2, 0) is 0 Å². The average Bonchev–Trinajstić information content (AvgIpc) is 2.88. The molecule has 0 amide bonds. The summed E-state index contributed by atoms with van der Waals surface area (Å²) in [7, 11) is 0. The third-order valence-corrected chi connectivity index (χ3v) is 4.33. The molecule has 0 saturated carbocycles. The number of nitrogens with zero attached hydrogens (tertiary/aromatic N) is 1. The Bertz CT molecular complexity index is 394. The third-order valence-electron chi connectivity index (χ3n) is 4.33. The van der Waals surface area contributed by atoms with Gasteiger partial charge in [-0.25, -0.2) is 0 Å². The molecule has 2 nitrogen and oxygen atoms in total. The molecule has 2 unspecified atom stereocenters. The Labute approximate surface area is 124 Å². The highest BCUT2D eigenvalue weighted by molar-refractivity contribution is 5.21. The second-order valence-corrected chi connectivity index (χ2v) is 7.21. The van der Waals surface area contributed by atoms with Crippen LogP contribution in [0.4, 0.5) is 0 Å². The Hall–Kier alpha value is -0.860. The Kier molecular flexibility index (Phi) is 5.22. The maximum Gasteiger partial charge on any atom is 0.00965 e. The lowest BCUT2D eigenvalue weighted by atomic mass is 9.99. The number of nitrogens with one attached hydrogen (secondary N) is 1. The normalized spacial score (nSPS) is 22.1. The van der Waals surface area contributed by atoms with Gasteiger partial charge >= 0.3 is 0 Å². The van der Waals surface area contributed by atoms with Crippen molar-refractivity contribution in [3.05, 3.63) is 35.9 Å². The van der Waals surface area contributed by atoms with Crippen LogP contribution in [0, 0.1) is 0 Å². The lowest BCUT2D eigenvalue weighted by molar-refractivity contribution is 0.237. The van der Waals surface area contributed by atoms with Gasteiger partial charge in [0, 0.05) is 18.1 Å². The molecule has 1 fully saturated rings. The van der Waals surface area contributed by atoms with Gasteiger partial charge in [-0.2, -0.15) is 0 Å². The van der Waals surface area contributed by atoms with Crippen molar-refractivity contribution >= 4 is 0 Å². The van der Waals surface area contributed by atoms with Crippen LogP contribution in [0.3, 0.4) is 0 Å². The van der Waals surface area contributed by atoms with Crippen LogP contribution in [0.1, 0.15) is 52.0 Å². The van der Waals surface area contributed by atoms with Crippen molar-refractivity contribution in [3.8, 4) is 0 Å². The Morgan fingerprint density at radius 2 is 1.95 bits per heavy atom. The quantitative estimate of drug-likeness (QED) is 0.882. The summed E-state index contributed by atoms with van der Waals surface area (Å²) < 4.78 is 0. The first-order chi connectivity index (χ1) is 9.46. The fraction of sp³-hybridized carbons (Fsp3) is 0.667. The molecule has 20 heavy (non-hydrogen) atoms. The van der Waals surface area contributed by atoms with E-state index in [1.807, 2.05) is 0 Å². The summed E-state index contributed by atoms with van der Waals surface area (Å²) in [6, 6.07) is 11.7. The smallest absolute Gasteiger partial charge is 0.00965 e. The van der Waals surface area contributed by atoms with Crippen LogP contribution in [0.5, 0.6) is 0 Å². The number of hydrogen-bond acceptors (Lipinski definition) is 2. The molecule has 1 heterocycles. The van der Waals surface area contributed by atoms with Crippen molar-refractivity contribution < 1.29 is 0 Å². The van der Waals surface area contributed by atoms with E-state index in [0.29, 0.717) is 6.04 Å². The molecule has 0 radical (unpaired) electrons. The van der Waals surface area contributed by atoms with E-state index in [1.165, 1.54) is 31.5 Å². The number of hydrogen-bond donors (Lipinski definition) is 1. The zero-order valence-electron chi connectivity index (χ0n) is 13.5. The van der Waals surface area contributed by atoms with Crippen molar-refractivity contribution in [2.75, 3.05) is 19.6 Å². The van der Waals surface area contributed by atoms with Crippen LogP contribution in [0.25, 0.3) is 0 Å². The Morgan fingerprint density at radius 3 is 2.60 bits per heavy atom. The van der Waals surface area contributed by atoms with Gasteiger partial charge in [0.05, 0.1) is 0 Å². The fourth-order valence-electron chi connectivity index (χ4n) is 3.02. The second kappa shape index (κ2) is 6.73. The first kappa shape index (κ1) is 15.5. The molecular weight excluding hydrogens is 244 g/mol. The number of benzene rings is 1. The van der Waals surface area contributed by atoms with E-state index in [2.05, 4.69) is 68.2 Å². The van der Waals surface area contributed by atoms with Gasteiger partial charge in [0.25, 0.3) is 0 Å². The van der Waals surface area contributed by atoms with Crippen LogP contribution in [0.15, 0.2) is 30.3 Å². The van der Waals surface area contributed by atoms with E-state index in [4.69, 9.17) is 0 Å². The highest BCUT2D eigenvalue weighted by Gasteiger charge is 2.26. The molecule has 1 N–H and O–H groups in total. The molecule has 1 aliphatic rings. The third kappa shape index (κ3) is 4.60. The highest BCUT2D eigenvalue weighted by atomic mass is 15.2. The second-order valence-electron chi connectivity index (χ2n) is 7.21. The van der Waals surface area contributed by atoms with E-state index in [0.717, 1.165) is 12.5 Å². The van der Waals surface area contributed by atoms with Gasteiger partial charge < -0.3 is 5.32 Å². The van der Waals surface area contributed by atoms with Gasteiger partial charge in [0.1, 0.15) is 0 Å². The average molecular weight is 274 g/mol. The number of likely N-dealkylation sites (tertiary alicyclic amines) is 1. The number of rotatable bonds is 5. The largest absolute Gasteiger partial charge is 0.312 e. The van der Waals surface area contributed by atoms with Crippen molar-refractivity contribution in [2.45, 2.75) is 58.0 Å². The summed E-state index contributed by atoms with van der Waals surface area (Å²) in [6.45, 7) is 12.7. The molecule has 2 atom stereocenters. The minimum Gasteiger partial charge on any atom is -0.312 e. The molecule has 0 spiro atoms. The molecular formula is C18H30N2. The first-order valence-corrected chi connectivity index (χ1v) is 8.00. The van der Waals surface area contributed by atoms with Gasteiger partial charge in [-0.1, -0.05) is 30.3 Å². The molecule has 0 aliphatic carbocycles. The maximum atomic E-state index is 3.59. The van der Waals surface area contributed by atoms with Crippen molar-refractivity contribution in [1.29, 1.82) is 0 Å². The summed E-state index contributed by atoms with van der Waals surface area (Å²) >= 11 is 0. The molecule has 2 rings (SSSR count). The monoisotopic (exact) mass is 274 g/mol. The zero-order chi connectivity index (χ0) is 14.6. The van der Waals surface area contributed by atoms with Crippen LogP contribution in [0.2, 0.25) is 0 Å². The molecule has 0 bridgehead atoms. The molecule has 0 aromatic heterocycles. The van der Waals surface area contributed by atoms with E-state index >= 15 is 0 Å². The summed E-state index contributed by atoms with van der Waals surface area (Å²) in [4.78, 5) is 2.65. The first-order valence-electron chi connectivity index (χ1n) is 8.00. The highest BCUT2D eigenvalue weighted by Crippen LogP contribution is 2.28. The van der Waals surface area contributed by atoms with Crippen LogP contribution in [-0.4, -0.2) is 36.1 Å². The van der Waals surface area contributed by atoms with Gasteiger partial charge in [-0.05, 0) is 65.1 Å². The molecule has 112 valence electrons. The fourth-order valence-corrected chi connectivity index (χ4v) is 3.02. The lowest BCUT2D eigenvalue weighted by Crippen LogP contribution is -2.40. The zero-order valence-corrected chi connectivity index (χ0v) is 13.5. The van der Waals surface area contributed by atoms with Crippen LogP contribution < -0.4 is 5.32 Å². The summed E-state index contributed by atoms with van der Waals surface area (Å²) in [6.07, 6.45) is 2.54. The Morgan fingerprint density at radius 1 is 1.25 bits per heavy atom. The van der Waals surface area contributed by atoms with E-state index < -0.39 is 0 Å². The molecule has 1 aromatic rings. The summed E-state index contributed by atoms with van der Waals surface area (Å²) in [5.74, 6) is 0.731. The van der Waals surface area contributed by atoms with E-state index in [1.54, 1.807) is 0 Å².